The molecule has 1 aromatic rings. The number of methoxy groups -OCH3 is 1. The van der Waals surface area contributed by atoms with E-state index in [-0.39, 0.29) is 17.5 Å². The Balaban J connectivity index is 2.15. The highest BCUT2D eigenvalue weighted by atomic mass is 16.5. The number of hydrogen-bond donors (Lipinski definition) is 1. The summed E-state index contributed by atoms with van der Waals surface area (Å²) >= 11 is 0. The fraction of sp³-hybridized carbons (Fsp3) is 0.429. The molecule has 26 heavy (non-hydrogen) atoms. The summed E-state index contributed by atoms with van der Waals surface area (Å²) in [5.41, 5.74) is 0.792. The van der Waals surface area contributed by atoms with Crippen molar-refractivity contribution in [1.29, 1.82) is 5.26 Å². The minimum Gasteiger partial charge on any atom is -0.493 e. The van der Waals surface area contributed by atoms with Gasteiger partial charge in [0.2, 0.25) is 0 Å². The van der Waals surface area contributed by atoms with E-state index in [2.05, 4.69) is 18.8 Å². The lowest BCUT2D eigenvalue weighted by Crippen LogP contribution is -2.41. The maximum absolute atomic E-state index is 12.5. The summed E-state index contributed by atoms with van der Waals surface area (Å²) in [5.74, 6) is 1.24. The number of nitrogens with zero attached hydrogens (tertiary/aromatic N) is 1. The van der Waals surface area contributed by atoms with Crippen LogP contribution >= 0.6 is 0 Å². The van der Waals surface area contributed by atoms with Gasteiger partial charge in [-0.2, -0.15) is 5.26 Å². The first kappa shape index (κ1) is 19.6. The summed E-state index contributed by atoms with van der Waals surface area (Å²) < 4.78 is 10.8. The second-order valence-corrected chi connectivity index (χ2v) is 6.52. The Hall–Kier alpha value is -2.74. The normalized spacial score (nSPS) is 20.0. The van der Waals surface area contributed by atoms with Crippen LogP contribution in [-0.2, 0) is 4.79 Å². The van der Waals surface area contributed by atoms with E-state index in [1.807, 2.05) is 6.07 Å². The van der Waals surface area contributed by atoms with Gasteiger partial charge >= 0.3 is 0 Å². The van der Waals surface area contributed by atoms with E-state index in [0.717, 1.165) is 19.3 Å². The molecule has 1 aromatic carbocycles. The van der Waals surface area contributed by atoms with E-state index in [4.69, 9.17) is 9.47 Å². The summed E-state index contributed by atoms with van der Waals surface area (Å²) in [5, 5.41) is 12.4. The lowest BCUT2D eigenvalue weighted by Gasteiger charge is -2.29. The Labute approximate surface area is 155 Å². The van der Waals surface area contributed by atoms with Gasteiger partial charge in [0.15, 0.2) is 11.5 Å². The monoisotopic (exact) mass is 354 g/mol. The van der Waals surface area contributed by atoms with Crippen molar-refractivity contribution >= 4 is 12.0 Å². The highest BCUT2D eigenvalue weighted by Gasteiger charge is 2.24. The van der Waals surface area contributed by atoms with Crippen LogP contribution in [0, 0.1) is 17.2 Å². The number of carbonyl (C=O) groups excluding carboxylic acids is 1. The lowest BCUT2D eigenvalue weighted by molar-refractivity contribution is -0.118. The van der Waals surface area contributed by atoms with Crippen molar-refractivity contribution in [3.05, 3.63) is 42.0 Å². The van der Waals surface area contributed by atoms with Crippen LogP contribution in [0.2, 0.25) is 0 Å². The molecule has 0 saturated heterocycles. The standard InChI is InChI=1S/C21H26N2O3/c1-4-11-26-19-10-9-16(13-20(19)25-3)12-17(14-22)21(24)23-18-8-6-5-7-15(18)2/h4,9-10,12-13,15,18H,1,5-8,11H2,2-3H3,(H,23,24)/b17-12+/t15-,18-/m1/s1. The molecule has 0 radical (unpaired) electrons. The summed E-state index contributed by atoms with van der Waals surface area (Å²) in [6.45, 7) is 6.13. The van der Waals surface area contributed by atoms with Crippen LogP contribution in [0.25, 0.3) is 6.08 Å². The average molecular weight is 354 g/mol. The highest BCUT2D eigenvalue weighted by Crippen LogP contribution is 2.29. The molecular weight excluding hydrogens is 328 g/mol. The second kappa shape index (κ2) is 9.67. The molecule has 1 fully saturated rings. The van der Waals surface area contributed by atoms with Crippen molar-refractivity contribution in [2.24, 2.45) is 5.92 Å². The number of carbonyl (C=O) groups is 1. The maximum Gasteiger partial charge on any atom is 0.262 e. The molecule has 1 N–H and O–H groups in total. The van der Waals surface area contributed by atoms with Crippen LogP contribution < -0.4 is 14.8 Å². The average Bonchev–Trinajstić information content (AvgIpc) is 2.66. The topological polar surface area (TPSA) is 71.3 Å². The predicted octanol–water partition coefficient (Wildman–Crippen LogP) is 3.86. The molecule has 5 nitrogen and oxygen atoms in total. The van der Waals surface area contributed by atoms with E-state index >= 15 is 0 Å². The summed E-state index contributed by atoms with van der Waals surface area (Å²) in [6, 6.07) is 7.42. The zero-order valence-electron chi connectivity index (χ0n) is 15.5. The van der Waals surface area contributed by atoms with E-state index in [1.165, 1.54) is 6.42 Å². The number of hydrogen-bond acceptors (Lipinski definition) is 4. The molecule has 1 aliphatic rings. The van der Waals surface area contributed by atoms with Crippen molar-refractivity contribution in [1.82, 2.24) is 5.32 Å². The largest absolute Gasteiger partial charge is 0.493 e. The van der Waals surface area contributed by atoms with Gasteiger partial charge in [0.1, 0.15) is 18.2 Å². The van der Waals surface area contributed by atoms with Crippen LogP contribution in [0.5, 0.6) is 11.5 Å². The molecule has 0 unspecified atom stereocenters. The van der Waals surface area contributed by atoms with E-state index < -0.39 is 0 Å². The molecule has 0 bridgehead atoms. The second-order valence-electron chi connectivity index (χ2n) is 6.52. The molecule has 1 aliphatic carbocycles. The third-order valence-electron chi connectivity index (χ3n) is 4.65. The van der Waals surface area contributed by atoms with Crippen LogP contribution in [0.1, 0.15) is 38.2 Å². The molecule has 0 heterocycles. The van der Waals surface area contributed by atoms with Gasteiger partial charge < -0.3 is 14.8 Å². The minimum absolute atomic E-state index is 0.0876. The van der Waals surface area contributed by atoms with Gasteiger partial charge in [-0.25, -0.2) is 0 Å². The van der Waals surface area contributed by atoms with Gasteiger partial charge in [-0.05, 0) is 42.5 Å². The summed E-state index contributed by atoms with van der Waals surface area (Å²) in [7, 11) is 1.55. The molecular formula is C21H26N2O3. The third kappa shape index (κ3) is 5.13. The molecule has 138 valence electrons. The van der Waals surface area contributed by atoms with Crippen molar-refractivity contribution < 1.29 is 14.3 Å². The van der Waals surface area contributed by atoms with Gasteiger partial charge in [0.05, 0.1) is 7.11 Å². The Morgan fingerprint density at radius 2 is 2.15 bits per heavy atom. The SMILES string of the molecule is C=CCOc1ccc(/C=C(\C#N)C(=O)N[C@@H]2CCCC[C@H]2C)cc1OC. The molecule has 1 amide bonds. The third-order valence-corrected chi connectivity index (χ3v) is 4.65. The van der Waals surface area contributed by atoms with Gasteiger partial charge in [-0.15, -0.1) is 0 Å². The van der Waals surface area contributed by atoms with E-state index in [9.17, 15) is 10.1 Å². The van der Waals surface area contributed by atoms with Crippen molar-refractivity contribution in [3.8, 4) is 17.6 Å². The molecule has 2 rings (SSSR count). The molecule has 0 spiro atoms. The van der Waals surface area contributed by atoms with Gasteiger partial charge in [0.25, 0.3) is 5.91 Å². The maximum atomic E-state index is 12.5. The Bertz CT molecular complexity index is 718. The van der Waals surface area contributed by atoms with E-state index in [0.29, 0.717) is 29.6 Å². The predicted molar refractivity (Wildman–Crippen MR) is 102 cm³/mol. The van der Waals surface area contributed by atoms with Crippen molar-refractivity contribution in [2.75, 3.05) is 13.7 Å². The zero-order chi connectivity index (χ0) is 18.9. The smallest absolute Gasteiger partial charge is 0.262 e. The molecule has 0 aromatic heterocycles. The molecule has 0 aliphatic heterocycles. The molecule has 5 heteroatoms. The Morgan fingerprint density at radius 1 is 1.38 bits per heavy atom. The quantitative estimate of drug-likeness (QED) is 0.458. The fourth-order valence-electron chi connectivity index (χ4n) is 3.13. The van der Waals surface area contributed by atoms with Crippen LogP contribution in [-0.4, -0.2) is 25.7 Å². The Kier molecular flexibility index (Phi) is 7.28. The number of rotatable bonds is 7. The van der Waals surface area contributed by atoms with Crippen LogP contribution in [0.15, 0.2) is 36.4 Å². The molecule has 2 atom stereocenters. The first-order valence-electron chi connectivity index (χ1n) is 8.93. The van der Waals surface area contributed by atoms with Gasteiger partial charge in [-0.1, -0.05) is 38.5 Å². The van der Waals surface area contributed by atoms with Gasteiger partial charge in [-0.3, -0.25) is 4.79 Å². The van der Waals surface area contributed by atoms with Crippen molar-refractivity contribution in [3.63, 3.8) is 0 Å². The van der Waals surface area contributed by atoms with Crippen molar-refractivity contribution in [2.45, 2.75) is 38.6 Å². The first-order valence-corrected chi connectivity index (χ1v) is 8.93. The summed E-state index contributed by atoms with van der Waals surface area (Å²) in [4.78, 5) is 12.5. The highest BCUT2D eigenvalue weighted by molar-refractivity contribution is 6.01. The number of nitrogens with one attached hydrogen (secondary N) is 1. The number of ether oxygens (including phenoxy) is 2. The van der Waals surface area contributed by atoms with E-state index in [1.54, 1.807) is 37.5 Å². The number of benzene rings is 1. The zero-order valence-corrected chi connectivity index (χ0v) is 15.5. The van der Waals surface area contributed by atoms with Crippen LogP contribution in [0.3, 0.4) is 0 Å². The first-order chi connectivity index (χ1) is 12.6. The molecule has 1 saturated carbocycles. The minimum atomic E-state index is -0.322. The van der Waals surface area contributed by atoms with Crippen LogP contribution in [0.4, 0.5) is 0 Å². The fourth-order valence-corrected chi connectivity index (χ4v) is 3.13. The van der Waals surface area contributed by atoms with Gasteiger partial charge in [0, 0.05) is 6.04 Å². The lowest BCUT2D eigenvalue weighted by atomic mass is 9.86. The Morgan fingerprint density at radius 3 is 2.81 bits per heavy atom. The number of nitriles is 1. The number of amides is 1. The summed E-state index contributed by atoms with van der Waals surface area (Å²) in [6.07, 6.45) is 7.62.